The molecule has 96 valence electrons. The lowest BCUT2D eigenvalue weighted by Gasteiger charge is -2.08. The maximum absolute atomic E-state index is 11.8. The molecule has 0 unspecified atom stereocenters. The van der Waals surface area contributed by atoms with E-state index in [9.17, 15) is 13.2 Å². The summed E-state index contributed by atoms with van der Waals surface area (Å²) in [5.74, 6) is 0.433. The lowest BCUT2D eigenvalue weighted by atomic mass is 10.2. The summed E-state index contributed by atoms with van der Waals surface area (Å²) in [5.41, 5.74) is 0. The summed E-state index contributed by atoms with van der Waals surface area (Å²) < 4.78 is 35.5. The van der Waals surface area contributed by atoms with Gasteiger partial charge in [0.05, 0.1) is 10.0 Å². The first kappa shape index (κ1) is 14.4. The molecule has 1 rings (SSSR count). The molecule has 0 aromatic carbocycles. The van der Waals surface area contributed by atoms with Gasteiger partial charge in [-0.25, -0.2) is 4.98 Å². The van der Waals surface area contributed by atoms with E-state index in [1.807, 2.05) is 0 Å². The minimum atomic E-state index is -4.09. The zero-order chi connectivity index (χ0) is 12.9. The van der Waals surface area contributed by atoms with E-state index in [0.29, 0.717) is 28.8 Å². The molecular formula is C10H11Cl2F3N2. The third-order valence-corrected chi connectivity index (χ3v) is 2.48. The molecular weight excluding hydrogens is 276 g/mol. The normalized spacial score (nSPS) is 11.6. The van der Waals surface area contributed by atoms with Gasteiger partial charge in [-0.1, -0.05) is 23.2 Å². The molecule has 0 aliphatic heterocycles. The van der Waals surface area contributed by atoms with E-state index in [1.54, 1.807) is 0 Å². The first-order chi connectivity index (χ1) is 7.88. The molecule has 0 saturated heterocycles. The lowest BCUT2D eigenvalue weighted by molar-refractivity contribution is -0.135. The van der Waals surface area contributed by atoms with Crippen LogP contribution in [0, 0.1) is 0 Å². The maximum Gasteiger partial charge on any atom is 0.389 e. The number of hydrogen-bond acceptors (Lipinski definition) is 2. The predicted molar refractivity (Wildman–Crippen MR) is 62.7 cm³/mol. The molecule has 0 saturated carbocycles. The second-order valence-corrected chi connectivity index (χ2v) is 4.33. The van der Waals surface area contributed by atoms with Gasteiger partial charge in [0, 0.05) is 19.2 Å². The van der Waals surface area contributed by atoms with Crippen molar-refractivity contribution in [2.24, 2.45) is 0 Å². The van der Waals surface area contributed by atoms with Crippen LogP contribution in [0.4, 0.5) is 19.0 Å². The van der Waals surface area contributed by atoms with Gasteiger partial charge in [0.2, 0.25) is 0 Å². The number of halogens is 5. The molecule has 1 aromatic heterocycles. The standard InChI is InChI=1S/C10H11Cl2F3N2/c11-7-5-8(12)9(17-6-7)16-4-2-1-3-10(13,14)15/h5-6H,1-4H2,(H,16,17). The van der Waals surface area contributed by atoms with Crippen molar-refractivity contribution in [3.05, 3.63) is 22.3 Å². The third-order valence-electron chi connectivity index (χ3n) is 1.99. The van der Waals surface area contributed by atoms with Crippen LogP contribution in [-0.2, 0) is 0 Å². The zero-order valence-electron chi connectivity index (χ0n) is 8.82. The van der Waals surface area contributed by atoms with Crippen LogP contribution in [0.3, 0.4) is 0 Å². The molecule has 0 atom stereocenters. The topological polar surface area (TPSA) is 24.9 Å². The molecule has 1 heterocycles. The van der Waals surface area contributed by atoms with Crippen molar-refractivity contribution in [3.8, 4) is 0 Å². The van der Waals surface area contributed by atoms with Crippen molar-refractivity contribution >= 4 is 29.0 Å². The average Bonchev–Trinajstić information content (AvgIpc) is 2.18. The van der Waals surface area contributed by atoms with Crippen LogP contribution in [0.1, 0.15) is 19.3 Å². The predicted octanol–water partition coefficient (Wildman–Crippen LogP) is 4.53. The largest absolute Gasteiger partial charge is 0.389 e. The number of rotatable bonds is 5. The van der Waals surface area contributed by atoms with Crippen LogP contribution < -0.4 is 5.32 Å². The van der Waals surface area contributed by atoms with Crippen LogP contribution in [0.25, 0.3) is 0 Å². The highest BCUT2D eigenvalue weighted by atomic mass is 35.5. The SMILES string of the molecule is FC(F)(F)CCCCNc1ncc(Cl)cc1Cl. The third kappa shape index (κ3) is 5.98. The van der Waals surface area contributed by atoms with E-state index in [0.717, 1.165) is 0 Å². The minimum Gasteiger partial charge on any atom is -0.369 e. The Morgan fingerprint density at radius 3 is 2.53 bits per heavy atom. The van der Waals surface area contributed by atoms with Gasteiger partial charge in [-0.05, 0) is 18.9 Å². The fraction of sp³-hybridized carbons (Fsp3) is 0.500. The number of pyridine rings is 1. The number of hydrogen-bond donors (Lipinski definition) is 1. The highest BCUT2D eigenvalue weighted by Crippen LogP contribution is 2.24. The second kappa shape index (κ2) is 6.31. The van der Waals surface area contributed by atoms with E-state index < -0.39 is 12.6 Å². The maximum atomic E-state index is 11.8. The monoisotopic (exact) mass is 286 g/mol. The van der Waals surface area contributed by atoms with E-state index in [1.165, 1.54) is 12.3 Å². The van der Waals surface area contributed by atoms with E-state index in [-0.39, 0.29) is 6.42 Å². The van der Waals surface area contributed by atoms with Crippen molar-refractivity contribution in [3.63, 3.8) is 0 Å². The fourth-order valence-electron chi connectivity index (χ4n) is 1.20. The Morgan fingerprint density at radius 2 is 1.94 bits per heavy atom. The van der Waals surface area contributed by atoms with Gasteiger partial charge in [0.1, 0.15) is 5.82 Å². The van der Waals surface area contributed by atoms with Crippen molar-refractivity contribution < 1.29 is 13.2 Å². The van der Waals surface area contributed by atoms with Crippen molar-refractivity contribution in [2.45, 2.75) is 25.4 Å². The van der Waals surface area contributed by atoms with Crippen molar-refractivity contribution in [2.75, 3.05) is 11.9 Å². The van der Waals surface area contributed by atoms with Crippen molar-refractivity contribution in [1.82, 2.24) is 4.98 Å². The van der Waals surface area contributed by atoms with Crippen LogP contribution >= 0.6 is 23.2 Å². The Morgan fingerprint density at radius 1 is 1.24 bits per heavy atom. The number of aromatic nitrogens is 1. The Labute approximate surface area is 107 Å². The van der Waals surface area contributed by atoms with Crippen LogP contribution in [0.2, 0.25) is 10.0 Å². The molecule has 0 radical (unpaired) electrons. The minimum absolute atomic E-state index is 0.0850. The van der Waals surface area contributed by atoms with Crippen LogP contribution in [-0.4, -0.2) is 17.7 Å². The Hall–Kier alpha value is -0.680. The highest BCUT2D eigenvalue weighted by molar-refractivity contribution is 6.35. The fourth-order valence-corrected chi connectivity index (χ4v) is 1.65. The molecule has 17 heavy (non-hydrogen) atoms. The number of unbranched alkanes of at least 4 members (excludes halogenated alkanes) is 1. The zero-order valence-corrected chi connectivity index (χ0v) is 10.3. The summed E-state index contributed by atoms with van der Waals surface area (Å²) in [6.45, 7) is 0.393. The molecule has 2 nitrogen and oxygen atoms in total. The summed E-state index contributed by atoms with van der Waals surface area (Å²) in [5, 5.41) is 3.63. The van der Waals surface area contributed by atoms with Gasteiger partial charge in [0.25, 0.3) is 0 Å². The van der Waals surface area contributed by atoms with Crippen LogP contribution in [0.15, 0.2) is 12.3 Å². The van der Waals surface area contributed by atoms with E-state index in [4.69, 9.17) is 23.2 Å². The van der Waals surface area contributed by atoms with Gasteiger partial charge in [-0.2, -0.15) is 13.2 Å². The number of anilines is 1. The van der Waals surface area contributed by atoms with Gasteiger partial charge in [-0.3, -0.25) is 0 Å². The number of alkyl halides is 3. The molecule has 0 bridgehead atoms. The van der Waals surface area contributed by atoms with Gasteiger partial charge in [-0.15, -0.1) is 0 Å². The van der Waals surface area contributed by atoms with Gasteiger partial charge in [0.15, 0.2) is 0 Å². The lowest BCUT2D eigenvalue weighted by Crippen LogP contribution is -2.09. The summed E-state index contributed by atoms with van der Waals surface area (Å²) in [7, 11) is 0. The first-order valence-corrected chi connectivity index (χ1v) is 5.76. The number of nitrogens with one attached hydrogen (secondary N) is 1. The quantitative estimate of drug-likeness (QED) is 0.804. The Balaban J connectivity index is 2.27. The molecule has 1 aromatic rings. The molecule has 7 heteroatoms. The average molecular weight is 287 g/mol. The summed E-state index contributed by atoms with van der Waals surface area (Å²) >= 11 is 11.5. The summed E-state index contributed by atoms with van der Waals surface area (Å²) in [6, 6.07) is 1.52. The Bertz CT molecular complexity index is 369. The van der Waals surface area contributed by atoms with Crippen molar-refractivity contribution in [1.29, 1.82) is 0 Å². The van der Waals surface area contributed by atoms with Gasteiger partial charge < -0.3 is 5.32 Å². The summed E-state index contributed by atoms with van der Waals surface area (Å²) in [4.78, 5) is 3.93. The first-order valence-electron chi connectivity index (χ1n) is 5.00. The highest BCUT2D eigenvalue weighted by Gasteiger charge is 2.25. The summed E-state index contributed by atoms with van der Waals surface area (Å²) in [6.07, 6.45) is -2.94. The second-order valence-electron chi connectivity index (χ2n) is 3.48. The molecule has 0 fully saturated rings. The van der Waals surface area contributed by atoms with E-state index in [2.05, 4.69) is 10.3 Å². The Kier molecular flexibility index (Phi) is 5.33. The molecule has 0 amide bonds. The number of nitrogens with zero attached hydrogens (tertiary/aromatic N) is 1. The smallest absolute Gasteiger partial charge is 0.369 e. The molecule has 0 spiro atoms. The molecule has 0 aliphatic carbocycles. The molecule has 0 aliphatic rings. The van der Waals surface area contributed by atoms with E-state index >= 15 is 0 Å². The van der Waals surface area contributed by atoms with Gasteiger partial charge >= 0.3 is 6.18 Å². The van der Waals surface area contributed by atoms with Crippen LogP contribution in [0.5, 0.6) is 0 Å². The molecule has 1 N–H and O–H groups in total.